The van der Waals surface area contributed by atoms with Crippen LogP contribution >= 0.6 is 7.82 Å². The van der Waals surface area contributed by atoms with E-state index in [-0.39, 0.29) is 42.4 Å². The van der Waals surface area contributed by atoms with Gasteiger partial charge in [-0.25, -0.2) is 4.79 Å². The third kappa shape index (κ3) is 2390. The summed E-state index contributed by atoms with van der Waals surface area (Å²) in [7, 11) is -4.89. The molecule has 0 saturated carbocycles. The Kier molecular flexibility index (Phi) is 21.7. The van der Waals surface area contributed by atoms with Crippen LogP contribution in [0.25, 0.3) is 0 Å². The van der Waals surface area contributed by atoms with Crippen LogP contribution in [0.15, 0.2) is 0 Å². The van der Waals surface area contributed by atoms with Crippen molar-refractivity contribution in [2.45, 2.75) is 0 Å². The molecule has 0 aliphatic rings. The third-order valence-corrected chi connectivity index (χ3v) is 0. The smallest absolute Gasteiger partial charge is 1.00 e. The number of hydrogen-bond donors (Lipinski definition) is 4. The molecule has 64 valence electrons. The minimum absolute atomic E-state index is 0. The fraction of sp³-hybridized carbons (Fsp3) is 0. The van der Waals surface area contributed by atoms with Crippen molar-refractivity contribution in [2.24, 2.45) is 0 Å². The number of halogens is 1. The minimum Gasteiger partial charge on any atom is -1.00 e. The molecule has 0 radical (unpaired) electrons. The van der Waals surface area contributed by atoms with Crippen molar-refractivity contribution < 1.29 is 39.0 Å². The Morgan fingerprint density at radius 2 is 1.27 bits per heavy atom. The Balaban J connectivity index is -0.0000000383. The van der Waals surface area contributed by atoms with Crippen molar-refractivity contribution in [1.82, 2.24) is 0 Å². The van der Waals surface area contributed by atoms with Crippen LogP contribution in [-0.4, -0.2) is 63.9 Å². The van der Waals surface area contributed by atoms with Crippen LogP contribution in [0.1, 0.15) is 0 Å². The number of carboxylic acid groups (broad SMARTS) is 2. The first kappa shape index (κ1) is 22.6. The van der Waals surface area contributed by atoms with E-state index in [0.717, 1.165) is 0 Å². The van der Waals surface area contributed by atoms with Crippen molar-refractivity contribution in [1.29, 1.82) is 0 Å². The molecule has 0 saturated heterocycles. The summed E-state index contributed by atoms with van der Waals surface area (Å²) in [5, 5.41) is 13.9. The van der Waals surface area contributed by atoms with Crippen LogP contribution in [0.2, 0.25) is 0 Å². The molecule has 4 N–H and O–H groups in total. The number of carbonyl (C=O) groups is 1. The largest absolute Gasteiger partial charge is 2.00 e. The van der Waals surface area contributed by atoms with Gasteiger partial charge in [-0.05, 0) is 0 Å². The molecular formula is CH4CaFO7P. The first-order valence-corrected chi connectivity index (χ1v) is 2.95. The van der Waals surface area contributed by atoms with Gasteiger partial charge in [-0.1, -0.05) is 0 Å². The molecule has 0 unspecified atom stereocenters. The van der Waals surface area contributed by atoms with Crippen LogP contribution in [-0.2, 0) is 4.57 Å². The van der Waals surface area contributed by atoms with Gasteiger partial charge in [0, 0.05) is 0 Å². The topological polar surface area (TPSA) is 138 Å². The van der Waals surface area contributed by atoms with E-state index >= 15 is 0 Å². The van der Waals surface area contributed by atoms with Gasteiger partial charge in [0.1, 0.15) is 0 Å². The molecule has 0 aromatic rings. The third-order valence-electron chi connectivity index (χ3n) is 0. The van der Waals surface area contributed by atoms with E-state index in [9.17, 15) is 0 Å². The van der Waals surface area contributed by atoms with Gasteiger partial charge in [0.25, 0.3) is 7.82 Å². The molecule has 11 heavy (non-hydrogen) atoms. The average molecular weight is 218 g/mol. The number of phosphoric acid groups is 1. The monoisotopic (exact) mass is 218 g/mol. The molecule has 0 rings (SSSR count). The molecule has 0 aromatic carbocycles. The van der Waals surface area contributed by atoms with Gasteiger partial charge in [0.2, 0.25) is 0 Å². The van der Waals surface area contributed by atoms with E-state index < -0.39 is 14.0 Å². The molecular weight excluding hydrogens is 214 g/mol. The SMILES string of the molecule is O=C(O)O.O=P([O-])(O)O.[Ca+2].[F-]. The molecule has 0 fully saturated rings. The van der Waals surface area contributed by atoms with E-state index in [2.05, 4.69) is 0 Å². The molecule has 10 heteroatoms. The molecule has 7 nitrogen and oxygen atoms in total. The van der Waals surface area contributed by atoms with Gasteiger partial charge in [-0.3, -0.25) is 4.57 Å². The maximum atomic E-state index is 8.77. The van der Waals surface area contributed by atoms with Gasteiger partial charge in [-0.2, -0.15) is 0 Å². The van der Waals surface area contributed by atoms with Crippen LogP contribution in [0.4, 0.5) is 4.79 Å². The molecule has 0 heterocycles. The summed E-state index contributed by atoms with van der Waals surface area (Å²) >= 11 is 0. The Labute approximate surface area is 90.3 Å². The van der Waals surface area contributed by atoms with E-state index in [1.165, 1.54) is 0 Å². The molecule has 0 aromatic heterocycles. The minimum atomic E-state index is -4.89. The summed E-state index contributed by atoms with van der Waals surface area (Å²) in [6, 6.07) is 0. The Hall–Kier alpha value is 0.570. The van der Waals surface area contributed by atoms with Gasteiger partial charge in [-0.15, -0.1) is 0 Å². The second-order valence-electron chi connectivity index (χ2n) is 0.773. The van der Waals surface area contributed by atoms with Gasteiger partial charge in [0.15, 0.2) is 0 Å². The maximum Gasteiger partial charge on any atom is 2.00 e. The summed E-state index contributed by atoms with van der Waals surface area (Å²) in [5.74, 6) is 0. The standard InChI is InChI=1S/CH2O3.Ca.FH.H3O4P/c2-1(3)4;;;1-5(2,3)4/h(H2,2,3,4);;1H;(H3,1,2,3,4)/q;+2;;/p-2. The van der Waals surface area contributed by atoms with Crippen LogP contribution in [0, 0.1) is 0 Å². The summed E-state index contributed by atoms with van der Waals surface area (Å²) < 4.78 is 8.77. The first-order chi connectivity index (χ1) is 3.73. The predicted octanol–water partition coefficient (Wildman–Crippen LogP) is -4.71. The molecule has 0 spiro atoms. The van der Waals surface area contributed by atoms with Crippen LogP contribution in [0.5, 0.6) is 0 Å². The van der Waals surface area contributed by atoms with Crippen molar-refractivity contribution in [2.75, 3.05) is 0 Å². The van der Waals surface area contributed by atoms with Crippen molar-refractivity contribution in [3.05, 3.63) is 0 Å². The fourth-order valence-corrected chi connectivity index (χ4v) is 0. The molecule has 0 amide bonds. The zero-order valence-electron chi connectivity index (χ0n) is 5.05. The van der Waals surface area contributed by atoms with Gasteiger partial charge >= 0.3 is 43.9 Å². The summed E-state index contributed by atoms with van der Waals surface area (Å²) in [6.07, 6.45) is -1.83. The zero-order valence-corrected chi connectivity index (χ0v) is 8.15. The predicted molar refractivity (Wildman–Crippen MR) is 28.5 cm³/mol. The Morgan fingerprint density at radius 3 is 1.27 bits per heavy atom. The van der Waals surface area contributed by atoms with E-state index in [1.807, 2.05) is 0 Å². The van der Waals surface area contributed by atoms with E-state index in [4.69, 9.17) is 34.3 Å². The van der Waals surface area contributed by atoms with Gasteiger partial charge in [0.05, 0.1) is 0 Å². The fourth-order valence-electron chi connectivity index (χ4n) is 0. The van der Waals surface area contributed by atoms with Crippen molar-refractivity contribution in [3.8, 4) is 0 Å². The first-order valence-electron chi connectivity index (χ1n) is 1.42. The number of rotatable bonds is 0. The quantitative estimate of drug-likeness (QED) is 0.236. The molecule has 0 atom stereocenters. The average Bonchev–Trinajstić information content (AvgIpc) is 1.19. The van der Waals surface area contributed by atoms with E-state index in [0.29, 0.717) is 0 Å². The molecule has 0 aliphatic carbocycles. The second-order valence-corrected chi connectivity index (χ2v) is 1.75. The van der Waals surface area contributed by atoms with Gasteiger partial charge < -0.3 is 29.6 Å². The summed E-state index contributed by atoms with van der Waals surface area (Å²) in [5.41, 5.74) is 0. The van der Waals surface area contributed by atoms with Crippen molar-refractivity contribution in [3.63, 3.8) is 0 Å². The molecule has 0 aliphatic heterocycles. The van der Waals surface area contributed by atoms with E-state index in [1.54, 1.807) is 0 Å². The normalized spacial score (nSPS) is 7.55. The maximum absolute atomic E-state index is 8.77. The number of hydrogen-bond acceptors (Lipinski definition) is 3. The Morgan fingerprint density at radius 1 is 1.27 bits per heavy atom. The van der Waals surface area contributed by atoms with Crippen LogP contribution in [0.3, 0.4) is 0 Å². The zero-order chi connectivity index (χ0) is 8.08. The van der Waals surface area contributed by atoms with Crippen molar-refractivity contribution >= 4 is 51.7 Å². The summed E-state index contributed by atoms with van der Waals surface area (Å²) in [6.45, 7) is 0. The second kappa shape index (κ2) is 10.6. The summed E-state index contributed by atoms with van der Waals surface area (Å²) in [4.78, 5) is 31.5. The van der Waals surface area contributed by atoms with Crippen LogP contribution < -0.4 is 9.60 Å². The Bertz CT molecular complexity index is 118. The molecule has 0 bridgehead atoms.